The molecular weight excluding hydrogens is 268 g/mol. The van der Waals surface area contributed by atoms with Crippen LogP contribution in [0.5, 0.6) is 0 Å². The molecule has 0 radical (unpaired) electrons. The van der Waals surface area contributed by atoms with Crippen LogP contribution in [-0.4, -0.2) is 24.6 Å². The maximum Gasteiger partial charge on any atom is 0.231 e. The lowest BCUT2D eigenvalue weighted by atomic mass is 11.0. The van der Waals surface area contributed by atoms with Crippen LogP contribution in [0, 0.1) is 0 Å². The van der Waals surface area contributed by atoms with Gasteiger partial charge in [0, 0.05) is 23.2 Å². The van der Waals surface area contributed by atoms with Crippen LogP contribution in [0.4, 0.5) is 10.3 Å². The topological polar surface area (TPSA) is 98.0 Å². The molecule has 6 nitrogen and oxygen atoms in total. The van der Waals surface area contributed by atoms with Crippen molar-refractivity contribution in [1.29, 1.82) is 0 Å². The number of aromatic nitrogens is 2. The maximum absolute atomic E-state index is 10.6. The van der Waals surface area contributed by atoms with Gasteiger partial charge in [0.15, 0.2) is 10.3 Å². The summed E-state index contributed by atoms with van der Waals surface area (Å²) in [5.41, 5.74) is 5.19. The first-order chi connectivity index (χ1) is 7.47. The molecule has 9 heteroatoms. The van der Waals surface area contributed by atoms with Crippen LogP contribution in [0.1, 0.15) is 0 Å². The molecule has 2 heterocycles. The van der Waals surface area contributed by atoms with Crippen LogP contribution in [0.15, 0.2) is 23.2 Å². The van der Waals surface area contributed by atoms with Crippen molar-refractivity contribution in [2.24, 2.45) is 0 Å². The lowest BCUT2D eigenvalue weighted by Crippen LogP contribution is -2.08. The predicted octanol–water partition coefficient (Wildman–Crippen LogP) is 1.24. The number of rotatable bonds is 2. The fraction of sp³-hybridized carbons (Fsp3) is 0.143. The third-order valence-corrected chi connectivity index (χ3v) is 3.14. The molecule has 0 spiro atoms. The van der Waals surface area contributed by atoms with Crippen LogP contribution in [0.25, 0.3) is 0 Å². The van der Waals surface area contributed by atoms with E-state index in [2.05, 4.69) is 14.7 Å². The third kappa shape index (κ3) is 5.63. The zero-order valence-corrected chi connectivity index (χ0v) is 10.8. The largest absolute Gasteiger partial charge is 0.375 e. The molecule has 88 valence electrons. The standard InChI is InChI=1S/C4H6N2O2S2.C3H4N2S/c1-10(7,8)6-4-5-2-3-9-4;4-3-5-1-2-6-3/h2-3H,1H3,(H,5,6);1-2H,(H2,4,5). The molecule has 2 rings (SSSR count). The zero-order valence-electron chi connectivity index (χ0n) is 8.32. The van der Waals surface area contributed by atoms with E-state index in [4.69, 9.17) is 5.73 Å². The Balaban J connectivity index is 0.000000181. The summed E-state index contributed by atoms with van der Waals surface area (Å²) in [6.07, 6.45) is 4.31. The normalized spacial score (nSPS) is 10.3. The van der Waals surface area contributed by atoms with Crippen molar-refractivity contribution in [1.82, 2.24) is 9.97 Å². The summed E-state index contributed by atoms with van der Waals surface area (Å²) in [7, 11) is -3.15. The van der Waals surface area contributed by atoms with Gasteiger partial charge >= 0.3 is 0 Å². The van der Waals surface area contributed by atoms with E-state index in [0.717, 1.165) is 6.26 Å². The van der Waals surface area contributed by atoms with E-state index in [0.29, 0.717) is 10.3 Å². The summed E-state index contributed by atoms with van der Waals surface area (Å²) >= 11 is 2.69. The van der Waals surface area contributed by atoms with Crippen molar-refractivity contribution in [3.05, 3.63) is 23.2 Å². The molecule has 0 aromatic carbocycles. The number of hydrogen-bond acceptors (Lipinski definition) is 7. The number of hydrogen-bond donors (Lipinski definition) is 2. The molecule has 0 aliphatic carbocycles. The zero-order chi connectivity index (χ0) is 12.0. The number of sulfonamides is 1. The van der Waals surface area contributed by atoms with Crippen molar-refractivity contribution in [2.75, 3.05) is 16.7 Å². The number of nitrogens with zero attached hydrogens (tertiary/aromatic N) is 2. The molecule has 2 aromatic rings. The van der Waals surface area contributed by atoms with Gasteiger partial charge in [-0.25, -0.2) is 18.4 Å². The van der Waals surface area contributed by atoms with E-state index in [9.17, 15) is 8.42 Å². The minimum Gasteiger partial charge on any atom is -0.375 e. The quantitative estimate of drug-likeness (QED) is 0.861. The van der Waals surface area contributed by atoms with Gasteiger partial charge in [0.25, 0.3) is 0 Å². The summed E-state index contributed by atoms with van der Waals surface area (Å²) < 4.78 is 23.3. The number of nitrogens with one attached hydrogen (secondary N) is 1. The van der Waals surface area contributed by atoms with Crippen molar-refractivity contribution in [3.63, 3.8) is 0 Å². The summed E-state index contributed by atoms with van der Waals surface area (Å²) in [5.74, 6) is 0. The lowest BCUT2D eigenvalue weighted by Gasteiger charge is -1.95. The average Bonchev–Trinajstić information content (AvgIpc) is 2.76. The van der Waals surface area contributed by atoms with Crippen LogP contribution >= 0.6 is 22.7 Å². The van der Waals surface area contributed by atoms with Gasteiger partial charge in [0.05, 0.1) is 6.26 Å². The number of thiazole rings is 2. The van der Waals surface area contributed by atoms with Gasteiger partial charge in [-0.2, -0.15) is 0 Å². The second-order valence-corrected chi connectivity index (χ2v) is 6.15. The van der Waals surface area contributed by atoms with Gasteiger partial charge < -0.3 is 5.73 Å². The van der Waals surface area contributed by atoms with E-state index < -0.39 is 10.0 Å². The fourth-order valence-corrected chi connectivity index (χ4v) is 2.44. The van der Waals surface area contributed by atoms with Crippen molar-refractivity contribution >= 4 is 43.0 Å². The van der Waals surface area contributed by atoms with Crippen molar-refractivity contribution in [2.45, 2.75) is 0 Å². The Morgan fingerprint density at radius 1 is 1.25 bits per heavy atom. The smallest absolute Gasteiger partial charge is 0.231 e. The van der Waals surface area contributed by atoms with E-state index in [1.165, 1.54) is 28.9 Å². The highest BCUT2D eigenvalue weighted by Gasteiger charge is 2.01. The molecule has 0 bridgehead atoms. The highest BCUT2D eigenvalue weighted by Crippen LogP contribution is 2.10. The van der Waals surface area contributed by atoms with Gasteiger partial charge in [-0.05, 0) is 0 Å². The van der Waals surface area contributed by atoms with E-state index >= 15 is 0 Å². The summed E-state index contributed by atoms with van der Waals surface area (Å²) in [6.45, 7) is 0. The molecule has 0 atom stereocenters. The minimum atomic E-state index is -3.15. The predicted molar refractivity (Wildman–Crippen MR) is 67.1 cm³/mol. The fourth-order valence-electron chi connectivity index (χ4n) is 0.667. The van der Waals surface area contributed by atoms with Crippen molar-refractivity contribution in [3.8, 4) is 0 Å². The first-order valence-electron chi connectivity index (χ1n) is 3.99. The van der Waals surface area contributed by atoms with Gasteiger partial charge in [-0.3, -0.25) is 4.72 Å². The van der Waals surface area contributed by atoms with Gasteiger partial charge in [0.1, 0.15) is 0 Å². The number of nitrogens with two attached hydrogens (primary N) is 1. The van der Waals surface area contributed by atoms with Crippen LogP contribution in [0.2, 0.25) is 0 Å². The highest BCUT2D eigenvalue weighted by molar-refractivity contribution is 7.92. The molecule has 0 aliphatic rings. The van der Waals surface area contributed by atoms with Gasteiger partial charge in [-0.1, -0.05) is 0 Å². The number of anilines is 2. The Labute approximate surface area is 101 Å². The summed E-state index contributed by atoms with van der Waals surface area (Å²) in [4.78, 5) is 7.44. The molecular formula is C7H10N4O2S3. The average molecular weight is 278 g/mol. The molecule has 2 aromatic heterocycles. The second kappa shape index (κ2) is 5.77. The second-order valence-electron chi connectivity index (χ2n) is 2.58. The van der Waals surface area contributed by atoms with Crippen LogP contribution in [-0.2, 0) is 10.0 Å². The summed E-state index contributed by atoms with van der Waals surface area (Å²) in [6, 6.07) is 0. The Morgan fingerprint density at radius 2 is 1.88 bits per heavy atom. The van der Waals surface area contributed by atoms with Gasteiger partial charge in [0.2, 0.25) is 10.0 Å². The molecule has 0 fully saturated rings. The Bertz CT molecular complexity index is 492. The maximum atomic E-state index is 10.6. The Kier molecular flexibility index (Phi) is 4.65. The first-order valence-corrected chi connectivity index (χ1v) is 7.65. The lowest BCUT2D eigenvalue weighted by molar-refractivity contribution is 0.607. The third-order valence-electron chi connectivity index (χ3n) is 1.16. The minimum absolute atomic E-state index is 0.405. The first kappa shape index (κ1) is 12.9. The van der Waals surface area contributed by atoms with E-state index in [-0.39, 0.29) is 0 Å². The van der Waals surface area contributed by atoms with E-state index in [1.807, 2.05) is 5.38 Å². The van der Waals surface area contributed by atoms with Crippen LogP contribution in [0.3, 0.4) is 0 Å². The monoisotopic (exact) mass is 278 g/mol. The highest BCUT2D eigenvalue weighted by atomic mass is 32.2. The number of nitrogen functional groups attached to an aromatic ring is 1. The molecule has 0 saturated heterocycles. The molecule has 0 saturated carbocycles. The van der Waals surface area contributed by atoms with Gasteiger partial charge in [-0.15, -0.1) is 22.7 Å². The SMILES string of the molecule is CS(=O)(=O)Nc1nccs1.Nc1nccs1. The Hall–Kier alpha value is -1.19. The molecule has 0 aliphatic heterocycles. The molecule has 0 unspecified atom stereocenters. The van der Waals surface area contributed by atoms with Crippen LogP contribution < -0.4 is 10.5 Å². The van der Waals surface area contributed by atoms with E-state index in [1.54, 1.807) is 11.6 Å². The van der Waals surface area contributed by atoms with Crippen molar-refractivity contribution < 1.29 is 8.42 Å². The molecule has 3 N–H and O–H groups in total. The molecule has 16 heavy (non-hydrogen) atoms. The summed E-state index contributed by atoms with van der Waals surface area (Å²) in [5, 5.41) is 4.58. The molecule has 0 amide bonds. The Morgan fingerprint density at radius 3 is 2.19 bits per heavy atom.